The fourth-order valence-corrected chi connectivity index (χ4v) is 10.2. The zero-order valence-corrected chi connectivity index (χ0v) is 26.8. The molecule has 0 aromatic heterocycles. The number of amides is 1. The van der Waals surface area contributed by atoms with E-state index in [0.29, 0.717) is 47.6 Å². The molecule has 0 aromatic carbocycles. The molecule has 13 atom stereocenters. The van der Waals surface area contributed by atoms with Gasteiger partial charge < -0.3 is 25.2 Å². The molecule has 5 saturated carbocycles. The maximum Gasteiger partial charge on any atom is 0.240 e. The van der Waals surface area contributed by atoms with Crippen LogP contribution in [0.25, 0.3) is 0 Å². The second-order valence-corrected chi connectivity index (χ2v) is 15.4. The summed E-state index contributed by atoms with van der Waals surface area (Å²) in [7, 11) is 6.26. The highest BCUT2D eigenvalue weighted by atomic mass is 16.7. The van der Waals surface area contributed by atoms with Crippen LogP contribution >= 0.6 is 0 Å². The molecule has 1 aliphatic heterocycles. The third-order valence-corrected chi connectivity index (χ3v) is 12.8. The van der Waals surface area contributed by atoms with Crippen LogP contribution in [0.3, 0.4) is 0 Å². The lowest BCUT2D eigenvalue weighted by Gasteiger charge is -2.62. The van der Waals surface area contributed by atoms with Gasteiger partial charge in [0.2, 0.25) is 5.91 Å². The topological polar surface area (TPSA) is 94.5 Å². The average molecular weight is 578 g/mol. The fourth-order valence-electron chi connectivity index (χ4n) is 10.2. The van der Waals surface area contributed by atoms with Crippen LogP contribution in [0.5, 0.6) is 0 Å². The molecule has 0 radical (unpaired) electrons. The van der Waals surface area contributed by atoms with Gasteiger partial charge in [-0.2, -0.15) is 5.06 Å². The van der Waals surface area contributed by atoms with Crippen LogP contribution in [0.1, 0.15) is 85.5 Å². The quantitative estimate of drug-likeness (QED) is 0.385. The van der Waals surface area contributed by atoms with Crippen LogP contribution < -0.4 is 5.32 Å². The number of aliphatic hydroxyl groups excluding tert-OH is 2. The molecule has 1 saturated heterocycles. The minimum atomic E-state index is -0.772. The van der Waals surface area contributed by atoms with E-state index in [0.717, 1.165) is 19.3 Å². The Morgan fingerprint density at radius 3 is 2.49 bits per heavy atom. The summed E-state index contributed by atoms with van der Waals surface area (Å²) >= 11 is 0. The monoisotopic (exact) mass is 577 g/mol. The Kier molecular flexibility index (Phi) is 9.79. The minimum Gasteiger partial charge on any atom is -0.394 e. The number of hydroxylamine groups is 2. The van der Waals surface area contributed by atoms with E-state index in [1.54, 1.807) is 6.92 Å². The van der Waals surface area contributed by atoms with Crippen molar-refractivity contribution < 1.29 is 24.6 Å². The Balaban J connectivity index is 1.31. The number of methoxy groups -OCH3 is 1. The van der Waals surface area contributed by atoms with E-state index >= 15 is 0 Å². The lowest BCUT2D eigenvalue weighted by molar-refractivity contribution is -0.193. The number of ether oxygens (including phenoxy) is 1. The van der Waals surface area contributed by atoms with Gasteiger partial charge in [0.1, 0.15) is 12.1 Å². The summed E-state index contributed by atoms with van der Waals surface area (Å²) in [5, 5.41) is 26.3. The van der Waals surface area contributed by atoms with E-state index in [9.17, 15) is 15.0 Å². The summed E-state index contributed by atoms with van der Waals surface area (Å²) in [6.45, 7) is 9.12. The molecule has 3 N–H and O–H groups in total. The molecule has 0 aromatic rings. The van der Waals surface area contributed by atoms with Crippen LogP contribution in [-0.4, -0.2) is 96.9 Å². The molecular formula is C33H59N3O5. The van der Waals surface area contributed by atoms with E-state index in [1.807, 2.05) is 12.2 Å². The lowest BCUT2D eigenvalue weighted by Crippen LogP contribution is -2.62. The molecule has 41 heavy (non-hydrogen) atoms. The summed E-state index contributed by atoms with van der Waals surface area (Å²) in [6, 6.07) is 0.152. The van der Waals surface area contributed by atoms with Crippen molar-refractivity contribution in [1.82, 2.24) is 15.3 Å². The van der Waals surface area contributed by atoms with Crippen LogP contribution in [0.2, 0.25) is 0 Å². The zero-order chi connectivity index (χ0) is 29.6. The summed E-state index contributed by atoms with van der Waals surface area (Å²) < 4.78 is 6.28. The Labute approximate surface area is 248 Å². The lowest BCUT2D eigenvalue weighted by atomic mass is 9.45. The maximum absolute atomic E-state index is 14.1. The highest BCUT2D eigenvalue weighted by molar-refractivity contribution is 5.82. The molecule has 5 aliphatic carbocycles. The molecule has 8 heteroatoms. The number of rotatable bonds is 9. The summed E-state index contributed by atoms with van der Waals surface area (Å²) in [5.74, 6) is 2.56. The third kappa shape index (κ3) is 6.00. The smallest absolute Gasteiger partial charge is 0.240 e. The van der Waals surface area contributed by atoms with Crippen molar-refractivity contribution in [3.8, 4) is 0 Å². The molecule has 2 bridgehead atoms. The first-order valence-corrected chi connectivity index (χ1v) is 16.7. The molecule has 6 fully saturated rings. The molecule has 5 unspecified atom stereocenters. The van der Waals surface area contributed by atoms with Gasteiger partial charge in [-0.25, -0.2) is 0 Å². The highest BCUT2D eigenvalue weighted by Gasteiger charge is 2.57. The standard InChI is InChI=1S/C33H59N3O5/c1-19-26-15-23(33(26,3)4)16-27(19)34-32(39)30-29(20(2)38)28(18-37)41-36(30)17-22-11-9-13-25(31(22)40-7)21-10-8-12-24(14-21)35(5)6/h19-31,37-38H,8-18H2,1-7H3,(H,34,39)/t19-,20-,21?,22?,23+,24?,25?,26-,27+,28-,29+,30-,31?/m0/s1. The molecule has 1 amide bonds. The molecule has 6 rings (SSSR count). The second-order valence-electron chi connectivity index (χ2n) is 15.4. The fraction of sp³-hybridized carbons (Fsp3) is 0.970. The van der Waals surface area contributed by atoms with Gasteiger partial charge in [-0.05, 0) is 101 Å². The average Bonchev–Trinajstić information content (AvgIpc) is 3.32. The summed E-state index contributed by atoms with van der Waals surface area (Å²) in [5.41, 5.74) is 0.352. The van der Waals surface area contributed by atoms with Crippen LogP contribution in [0.4, 0.5) is 0 Å². The Bertz CT molecular complexity index is 898. The first-order chi connectivity index (χ1) is 19.5. The van der Waals surface area contributed by atoms with Gasteiger partial charge in [0.05, 0.1) is 18.8 Å². The SMILES string of the molecule is COC1C(CN2O[C@@H](CO)[C@@H]([C@H](C)O)[C@H]2C(=O)N[C@@H]2C[C@H]3C[C@@H]([C@@H]2C)C3(C)C)CCCC1C1CCCC(N(C)C)C1. The number of hydrogen-bond donors (Lipinski definition) is 3. The van der Waals surface area contributed by atoms with E-state index in [1.165, 1.54) is 38.5 Å². The number of nitrogens with zero attached hydrogens (tertiary/aromatic N) is 2. The van der Waals surface area contributed by atoms with Crippen molar-refractivity contribution in [2.24, 2.45) is 46.8 Å². The van der Waals surface area contributed by atoms with Gasteiger partial charge >= 0.3 is 0 Å². The highest BCUT2D eigenvalue weighted by Crippen LogP contribution is 2.61. The Morgan fingerprint density at radius 2 is 1.88 bits per heavy atom. The molecular weight excluding hydrogens is 518 g/mol. The van der Waals surface area contributed by atoms with E-state index in [4.69, 9.17) is 9.57 Å². The molecule has 0 spiro atoms. The van der Waals surface area contributed by atoms with Gasteiger partial charge in [0.15, 0.2) is 0 Å². The number of carbonyl (C=O) groups is 1. The second kappa shape index (κ2) is 12.7. The van der Waals surface area contributed by atoms with E-state index < -0.39 is 24.2 Å². The van der Waals surface area contributed by atoms with Gasteiger partial charge in [-0.1, -0.05) is 33.6 Å². The van der Waals surface area contributed by atoms with E-state index in [2.05, 4.69) is 45.1 Å². The number of nitrogens with one attached hydrogen (secondary N) is 1. The van der Waals surface area contributed by atoms with Gasteiger partial charge in [-0.15, -0.1) is 0 Å². The number of hydrogen-bond acceptors (Lipinski definition) is 7. The Hall–Kier alpha value is -0.770. The molecule has 6 aliphatic rings. The first-order valence-electron chi connectivity index (χ1n) is 16.7. The third-order valence-electron chi connectivity index (χ3n) is 12.8. The Morgan fingerprint density at radius 1 is 1.15 bits per heavy atom. The van der Waals surface area contributed by atoms with Gasteiger partial charge in [0, 0.05) is 37.6 Å². The molecule has 1 heterocycles. The number of aliphatic hydroxyl groups is 2. The predicted molar refractivity (Wildman–Crippen MR) is 160 cm³/mol. The maximum atomic E-state index is 14.1. The van der Waals surface area contributed by atoms with Crippen molar-refractivity contribution in [3.05, 3.63) is 0 Å². The molecule has 8 nitrogen and oxygen atoms in total. The first kappa shape index (κ1) is 31.6. The molecule has 236 valence electrons. The van der Waals surface area contributed by atoms with Crippen molar-refractivity contribution in [2.45, 2.75) is 122 Å². The van der Waals surface area contributed by atoms with Crippen molar-refractivity contribution in [2.75, 3.05) is 34.4 Å². The largest absolute Gasteiger partial charge is 0.394 e. The van der Waals surface area contributed by atoms with Crippen LogP contribution in [-0.2, 0) is 14.4 Å². The van der Waals surface area contributed by atoms with Crippen LogP contribution in [0.15, 0.2) is 0 Å². The van der Waals surface area contributed by atoms with Gasteiger partial charge in [-0.3, -0.25) is 9.63 Å². The van der Waals surface area contributed by atoms with Crippen molar-refractivity contribution in [1.29, 1.82) is 0 Å². The van der Waals surface area contributed by atoms with Gasteiger partial charge in [0.25, 0.3) is 0 Å². The van der Waals surface area contributed by atoms with Crippen LogP contribution in [0, 0.1) is 46.8 Å². The van der Waals surface area contributed by atoms with E-state index in [-0.39, 0.29) is 30.6 Å². The summed E-state index contributed by atoms with van der Waals surface area (Å²) in [6.07, 6.45) is 9.45. The van der Waals surface area contributed by atoms with Crippen molar-refractivity contribution in [3.63, 3.8) is 0 Å². The minimum absolute atomic E-state index is 0.0646. The van der Waals surface area contributed by atoms with Crippen molar-refractivity contribution >= 4 is 5.91 Å². The predicted octanol–water partition coefficient (Wildman–Crippen LogP) is 3.70. The normalized spacial score (nSPS) is 45.3. The number of fused-ring (bicyclic) bond motifs is 2. The number of carbonyl (C=O) groups excluding carboxylic acids is 1. The summed E-state index contributed by atoms with van der Waals surface area (Å²) in [4.78, 5) is 22.8. The zero-order valence-electron chi connectivity index (χ0n) is 26.8.